The number of fused-ring (bicyclic) bond motifs is 1. The molecule has 3 rings (SSSR count). The second-order valence-corrected chi connectivity index (χ2v) is 8.17. The Kier molecular flexibility index (Phi) is 8.23. The van der Waals surface area contributed by atoms with Gasteiger partial charge in [0.25, 0.3) is 5.91 Å². The fraction of sp³-hybridized carbons (Fsp3) is 0.440. The van der Waals surface area contributed by atoms with E-state index in [2.05, 4.69) is 29.3 Å². The summed E-state index contributed by atoms with van der Waals surface area (Å²) in [7, 11) is 0. The summed E-state index contributed by atoms with van der Waals surface area (Å²) < 4.78 is 0. The number of rotatable bonds is 8. The van der Waals surface area contributed by atoms with Gasteiger partial charge in [-0.15, -0.1) is 0 Å². The number of carbonyl (C=O) groups is 1. The van der Waals surface area contributed by atoms with Crippen LogP contribution in [0.3, 0.4) is 0 Å². The van der Waals surface area contributed by atoms with E-state index in [1.165, 1.54) is 6.42 Å². The topological polar surface area (TPSA) is 117 Å². The smallest absolute Gasteiger partial charge is 0.262 e. The summed E-state index contributed by atoms with van der Waals surface area (Å²) in [5, 5.41) is 42.4. The second-order valence-electron chi connectivity index (χ2n) is 8.17. The molecule has 1 aliphatic rings. The molecule has 0 aliphatic carbocycles. The van der Waals surface area contributed by atoms with Crippen molar-refractivity contribution in [3.05, 3.63) is 47.5 Å². The Morgan fingerprint density at radius 2 is 2.03 bits per heavy atom. The highest BCUT2D eigenvalue weighted by Crippen LogP contribution is 2.37. The van der Waals surface area contributed by atoms with Crippen LogP contribution in [0.25, 0.3) is 16.8 Å². The molecule has 1 heterocycles. The van der Waals surface area contributed by atoms with E-state index >= 15 is 0 Å². The van der Waals surface area contributed by atoms with Gasteiger partial charge in [-0.25, -0.2) is 0 Å². The summed E-state index contributed by atoms with van der Waals surface area (Å²) in [4.78, 5) is 15.0. The van der Waals surface area contributed by atoms with E-state index in [-0.39, 0.29) is 12.1 Å². The van der Waals surface area contributed by atoms with Crippen LogP contribution < -0.4 is 10.2 Å². The minimum Gasteiger partial charge on any atom is -0.394 e. The third kappa shape index (κ3) is 5.28. The SMILES string of the molecule is CCC1CCCCN1c1c(/C=C(\C#N)C(=O)NCC(O)C(O)CO)ccc2ccccc12. The molecule has 0 saturated carbocycles. The number of nitriles is 1. The summed E-state index contributed by atoms with van der Waals surface area (Å²) in [6.45, 7) is 2.22. The molecule has 7 nitrogen and oxygen atoms in total. The predicted octanol–water partition coefficient (Wildman–Crippen LogP) is 2.35. The highest BCUT2D eigenvalue weighted by atomic mass is 16.4. The van der Waals surface area contributed by atoms with Gasteiger partial charge in [-0.05, 0) is 42.7 Å². The zero-order valence-corrected chi connectivity index (χ0v) is 18.4. The Labute approximate surface area is 188 Å². The number of hydrogen-bond donors (Lipinski definition) is 4. The molecular weight excluding hydrogens is 406 g/mol. The third-order valence-corrected chi connectivity index (χ3v) is 6.09. The monoisotopic (exact) mass is 437 g/mol. The van der Waals surface area contributed by atoms with Gasteiger partial charge in [0.1, 0.15) is 17.7 Å². The number of aliphatic hydroxyl groups excluding tert-OH is 3. The first kappa shape index (κ1) is 23.7. The fourth-order valence-corrected chi connectivity index (χ4v) is 4.28. The number of anilines is 1. The number of benzene rings is 2. The summed E-state index contributed by atoms with van der Waals surface area (Å²) in [5.74, 6) is -0.638. The second kappa shape index (κ2) is 11.1. The van der Waals surface area contributed by atoms with Crippen molar-refractivity contribution in [1.29, 1.82) is 5.26 Å². The molecule has 0 aromatic heterocycles. The van der Waals surface area contributed by atoms with E-state index in [1.807, 2.05) is 30.3 Å². The number of nitrogens with zero attached hydrogens (tertiary/aromatic N) is 2. The number of carbonyl (C=O) groups excluding carboxylic acids is 1. The van der Waals surface area contributed by atoms with E-state index in [9.17, 15) is 20.3 Å². The molecule has 0 bridgehead atoms. The molecule has 1 saturated heterocycles. The molecule has 0 spiro atoms. The molecule has 0 radical (unpaired) electrons. The summed E-state index contributed by atoms with van der Waals surface area (Å²) in [6.07, 6.45) is 3.33. The Hall–Kier alpha value is -2.92. The lowest BCUT2D eigenvalue weighted by atomic mass is 9.94. The molecule has 1 aliphatic heterocycles. The van der Waals surface area contributed by atoms with Gasteiger partial charge in [0.15, 0.2) is 0 Å². The summed E-state index contributed by atoms with van der Waals surface area (Å²) in [6, 6.07) is 14.4. The lowest BCUT2D eigenvalue weighted by molar-refractivity contribution is -0.118. The van der Waals surface area contributed by atoms with Crippen LogP contribution in [0.15, 0.2) is 42.0 Å². The van der Waals surface area contributed by atoms with E-state index in [0.29, 0.717) is 6.04 Å². The lowest BCUT2D eigenvalue weighted by Crippen LogP contribution is -2.41. The molecule has 1 amide bonds. The van der Waals surface area contributed by atoms with Crippen LogP contribution in [0.5, 0.6) is 0 Å². The van der Waals surface area contributed by atoms with Crippen molar-refractivity contribution in [3.8, 4) is 6.07 Å². The first-order chi connectivity index (χ1) is 15.5. The molecule has 32 heavy (non-hydrogen) atoms. The maximum absolute atomic E-state index is 12.6. The largest absolute Gasteiger partial charge is 0.394 e. The van der Waals surface area contributed by atoms with Gasteiger partial charge in [-0.2, -0.15) is 5.26 Å². The lowest BCUT2D eigenvalue weighted by Gasteiger charge is -2.39. The van der Waals surface area contributed by atoms with Crippen molar-refractivity contribution in [2.24, 2.45) is 0 Å². The van der Waals surface area contributed by atoms with Crippen LogP contribution in [0.2, 0.25) is 0 Å². The maximum Gasteiger partial charge on any atom is 0.262 e. The first-order valence-electron chi connectivity index (χ1n) is 11.2. The highest BCUT2D eigenvalue weighted by Gasteiger charge is 2.25. The zero-order valence-electron chi connectivity index (χ0n) is 18.4. The van der Waals surface area contributed by atoms with Crippen LogP contribution in [-0.4, -0.2) is 59.2 Å². The average molecular weight is 438 g/mol. The van der Waals surface area contributed by atoms with Crippen LogP contribution in [0.1, 0.15) is 38.2 Å². The van der Waals surface area contributed by atoms with Crippen LogP contribution in [0.4, 0.5) is 5.69 Å². The fourth-order valence-electron chi connectivity index (χ4n) is 4.28. The van der Waals surface area contributed by atoms with Crippen LogP contribution >= 0.6 is 0 Å². The van der Waals surface area contributed by atoms with Crippen molar-refractivity contribution in [3.63, 3.8) is 0 Å². The molecule has 4 N–H and O–H groups in total. The zero-order chi connectivity index (χ0) is 23.1. The van der Waals surface area contributed by atoms with E-state index in [4.69, 9.17) is 5.11 Å². The predicted molar refractivity (Wildman–Crippen MR) is 125 cm³/mol. The molecule has 3 unspecified atom stereocenters. The van der Waals surface area contributed by atoms with E-state index < -0.39 is 24.7 Å². The van der Waals surface area contributed by atoms with Gasteiger partial charge >= 0.3 is 0 Å². The Bertz CT molecular complexity index is 1010. The molecule has 7 heteroatoms. The van der Waals surface area contributed by atoms with Crippen LogP contribution in [0, 0.1) is 11.3 Å². The first-order valence-corrected chi connectivity index (χ1v) is 11.2. The van der Waals surface area contributed by atoms with Gasteiger partial charge in [-0.3, -0.25) is 4.79 Å². The van der Waals surface area contributed by atoms with Gasteiger partial charge in [0.2, 0.25) is 0 Å². The third-order valence-electron chi connectivity index (χ3n) is 6.09. The Morgan fingerprint density at radius 1 is 1.25 bits per heavy atom. The molecular formula is C25H31N3O4. The number of piperidine rings is 1. The molecule has 3 atom stereocenters. The summed E-state index contributed by atoms with van der Waals surface area (Å²) in [5.41, 5.74) is 1.75. The number of nitrogens with one attached hydrogen (secondary N) is 1. The Morgan fingerprint density at radius 3 is 2.75 bits per heavy atom. The molecule has 2 aromatic rings. The quantitative estimate of drug-likeness (QED) is 0.372. The summed E-state index contributed by atoms with van der Waals surface area (Å²) >= 11 is 0. The van der Waals surface area contributed by atoms with E-state index in [0.717, 1.165) is 47.8 Å². The van der Waals surface area contributed by atoms with Gasteiger partial charge in [0.05, 0.1) is 18.4 Å². The van der Waals surface area contributed by atoms with Crippen molar-refractivity contribution < 1.29 is 20.1 Å². The molecule has 2 aromatic carbocycles. The van der Waals surface area contributed by atoms with Crippen LogP contribution in [-0.2, 0) is 4.79 Å². The number of aliphatic hydroxyl groups is 3. The molecule has 170 valence electrons. The average Bonchev–Trinajstić information content (AvgIpc) is 2.84. The number of hydrogen-bond acceptors (Lipinski definition) is 6. The number of amides is 1. The maximum atomic E-state index is 12.6. The van der Waals surface area contributed by atoms with Crippen molar-refractivity contribution in [1.82, 2.24) is 5.32 Å². The van der Waals surface area contributed by atoms with E-state index in [1.54, 1.807) is 6.08 Å². The Balaban J connectivity index is 1.99. The minimum absolute atomic E-state index is 0.0859. The highest BCUT2D eigenvalue weighted by molar-refractivity contribution is 6.05. The molecule has 1 fully saturated rings. The van der Waals surface area contributed by atoms with Gasteiger partial charge in [-0.1, -0.05) is 43.3 Å². The van der Waals surface area contributed by atoms with Crippen molar-refractivity contribution >= 4 is 28.4 Å². The normalized spacial score (nSPS) is 18.8. The standard InChI is InChI=1S/C25H31N3O4/c1-2-20-8-5-6-12-28(20)24-18(11-10-17-7-3-4-9-21(17)24)13-19(14-26)25(32)27-15-22(30)23(31)16-29/h3-4,7,9-11,13,20,22-23,29-31H,2,5-6,8,12,15-16H2,1H3,(H,27,32)/b19-13+. The van der Waals surface area contributed by atoms with Crippen molar-refractivity contribution in [2.45, 2.75) is 50.9 Å². The van der Waals surface area contributed by atoms with Gasteiger partial charge in [0, 0.05) is 24.5 Å². The van der Waals surface area contributed by atoms with Crippen molar-refractivity contribution in [2.75, 3.05) is 24.6 Å². The minimum atomic E-state index is -1.36. The van der Waals surface area contributed by atoms with Gasteiger partial charge < -0.3 is 25.5 Å².